The molecule has 0 aliphatic heterocycles. The third kappa shape index (κ3) is 3.96. The van der Waals surface area contributed by atoms with Gasteiger partial charge in [-0.2, -0.15) is 0 Å². The molecule has 1 heterocycles. The van der Waals surface area contributed by atoms with Gasteiger partial charge in [-0.05, 0) is 63.2 Å². The standard InChI is InChI=1S/C23H25NO6/c1-6-29-23(26)21-14(2)24(16-7-9-17(27-4)10-8-16)20-12-11-18(13-19(20)21)30-15(3)22(25)28-5/h7-13,15H,6H2,1-5H3. The Morgan fingerprint density at radius 1 is 1.03 bits per heavy atom. The predicted octanol–water partition coefficient (Wildman–Crippen LogP) is 4.06. The molecule has 1 atom stereocenters. The first-order chi connectivity index (χ1) is 14.4. The van der Waals surface area contributed by atoms with E-state index in [1.54, 1.807) is 33.1 Å². The van der Waals surface area contributed by atoms with Crippen LogP contribution in [0.2, 0.25) is 0 Å². The van der Waals surface area contributed by atoms with Crippen LogP contribution in [-0.4, -0.2) is 43.4 Å². The molecule has 0 radical (unpaired) electrons. The Morgan fingerprint density at radius 2 is 1.70 bits per heavy atom. The number of carbonyl (C=O) groups is 2. The van der Waals surface area contributed by atoms with Crippen LogP contribution in [0.15, 0.2) is 42.5 Å². The number of aromatic nitrogens is 1. The molecule has 3 aromatic rings. The highest BCUT2D eigenvalue weighted by atomic mass is 16.6. The van der Waals surface area contributed by atoms with Crippen molar-refractivity contribution in [1.82, 2.24) is 4.57 Å². The molecule has 1 unspecified atom stereocenters. The summed E-state index contributed by atoms with van der Waals surface area (Å²) in [7, 11) is 2.92. The van der Waals surface area contributed by atoms with E-state index in [2.05, 4.69) is 0 Å². The maximum absolute atomic E-state index is 12.7. The van der Waals surface area contributed by atoms with E-state index in [1.807, 2.05) is 41.8 Å². The molecule has 0 saturated carbocycles. The molecule has 30 heavy (non-hydrogen) atoms. The van der Waals surface area contributed by atoms with Gasteiger partial charge in [0.15, 0.2) is 6.10 Å². The summed E-state index contributed by atoms with van der Waals surface area (Å²) in [5, 5.41) is 0.677. The summed E-state index contributed by atoms with van der Waals surface area (Å²) in [5.41, 5.74) is 2.90. The van der Waals surface area contributed by atoms with E-state index in [9.17, 15) is 9.59 Å². The molecular weight excluding hydrogens is 386 g/mol. The van der Waals surface area contributed by atoms with Gasteiger partial charge in [0.25, 0.3) is 0 Å². The quantitative estimate of drug-likeness (QED) is 0.546. The number of methoxy groups -OCH3 is 2. The van der Waals surface area contributed by atoms with Crippen molar-refractivity contribution in [2.24, 2.45) is 0 Å². The Labute approximate surface area is 175 Å². The molecule has 3 rings (SSSR count). The molecule has 7 nitrogen and oxygen atoms in total. The predicted molar refractivity (Wildman–Crippen MR) is 113 cm³/mol. The summed E-state index contributed by atoms with van der Waals surface area (Å²) in [5.74, 6) is 0.307. The van der Waals surface area contributed by atoms with E-state index in [-0.39, 0.29) is 6.61 Å². The van der Waals surface area contributed by atoms with Crippen molar-refractivity contribution in [3.8, 4) is 17.2 Å². The van der Waals surface area contributed by atoms with Crippen LogP contribution in [-0.2, 0) is 14.3 Å². The number of hydrogen-bond donors (Lipinski definition) is 0. The van der Waals surface area contributed by atoms with Crippen LogP contribution in [0.1, 0.15) is 29.9 Å². The van der Waals surface area contributed by atoms with E-state index in [4.69, 9.17) is 18.9 Å². The molecule has 0 aliphatic rings. The summed E-state index contributed by atoms with van der Waals surface area (Å²) < 4.78 is 22.9. The topological polar surface area (TPSA) is 76.0 Å². The number of nitrogens with zero attached hydrogens (tertiary/aromatic N) is 1. The molecule has 7 heteroatoms. The van der Waals surface area contributed by atoms with E-state index in [1.165, 1.54) is 7.11 Å². The number of ether oxygens (including phenoxy) is 4. The second-order valence-electron chi connectivity index (χ2n) is 6.68. The summed E-state index contributed by atoms with van der Waals surface area (Å²) in [6, 6.07) is 12.9. The monoisotopic (exact) mass is 411 g/mol. The van der Waals surface area contributed by atoms with Crippen LogP contribution in [0.3, 0.4) is 0 Å². The minimum absolute atomic E-state index is 0.267. The van der Waals surface area contributed by atoms with E-state index < -0.39 is 18.0 Å². The Morgan fingerprint density at radius 3 is 2.30 bits per heavy atom. The lowest BCUT2D eigenvalue weighted by Gasteiger charge is -2.13. The van der Waals surface area contributed by atoms with Crippen LogP contribution < -0.4 is 9.47 Å². The zero-order valence-electron chi connectivity index (χ0n) is 17.7. The maximum Gasteiger partial charge on any atom is 0.346 e. The highest BCUT2D eigenvalue weighted by Crippen LogP contribution is 2.33. The zero-order valence-corrected chi connectivity index (χ0v) is 17.7. The molecule has 0 fully saturated rings. The molecule has 0 saturated heterocycles. The first-order valence-corrected chi connectivity index (χ1v) is 9.62. The van der Waals surface area contributed by atoms with Gasteiger partial charge < -0.3 is 23.5 Å². The number of rotatable bonds is 7. The minimum atomic E-state index is -0.775. The fourth-order valence-electron chi connectivity index (χ4n) is 3.41. The SMILES string of the molecule is CCOC(=O)c1c(C)n(-c2ccc(OC)cc2)c2ccc(OC(C)C(=O)OC)cc12. The lowest BCUT2D eigenvalue weighted by molar-refractivity contribution is -0.147. The van der Waals surface area contributed by atoms with Gasteiger partial charge in [-0.3, -0.25) is 0 Å². The molecule has 2 aromatic carbocycles. The van der Waals surface area contributed by atoms with Crippen LogP contribution in [0, 0.1) is 6.92 Å². The number of esters is 2. The van der Waals surface area contributed by atoms with Gasteiger partial charge in [-0.1, -0.05) is 0 Å². The molecule has 0 N–H and O–H groups in total. The fourth-order valence-corrected chi connectivity index (χ4v) is 3.41. The fraction of sp³-hybridized carbons (Fsp3) is 0.304. The third-order valence-electron chi connectivity index (χ3n) is 4.83. The highest BCUT2D eigenvalue weighted by molar-refractivity contribution is 6.07. The first kappa shape index (κ1) is 21.2. The van der Waals surface area contributed by atoms with Crippen LogP contribution in [0.25, 0.3) is 16.6 Å². The van der Waals surface area contributed by atoms with Gasteiger partial charge in [0.2, 0.25) is 0 Å². The molecule has 0 aliphatic carbocycles. The summed E-state index contributed by atoms with van der Waals surface area (Å²) in [6.45, 7) is 5.51. The van der Waals surface area contributed by atoms with E-state index in [0.29, 0.717) is 16.7 Å². The number of carbonyl (C=O) groups excluding carboxylic acids is 2. The molecule has 0 bridgehead atoms. The highest BCUT2D eigenvalue weighted by Gasteiger charge is 2.23. The normalized spacial score (nSPS) is 11.8. The van der Waals surface area contributed by atoms with Crippen molar-refractivity contribution in [2.45, 2.75) is 26.9 Å². The number of benzene rings is 2. The minimum Gasteiger partial charge on any atom is -0.497 e. The van der Waals surface area contributed by atoms with Gasteiger partial charge in [-0.25, -0.2) is 9.59 Å². The second-order valence-corrected chi connectivity index (χ2v) is 6.68. The Balaban J connectivity index is 2.16. The van der Waals surface area contributed by atoms with E-state index in [0.717, 1.165) is 22.6 Å². The van der Waals surface area contributed by atoms with Crippen molar-refractivity contribution in [3.63, 3.8) is 0 Å². The largest absolute Gasteiger partial charge is 0.497 e. The van der Waals surface area contributed by atoms with Crippen molar-refractivity contribution < 1.29 is 28.5 Å². The second kappa shape index (κ2) is 8.90. The van der Waals surface area contributed by atoms with Crippen LogP contribution in [0.5, 0.6) is 11.5 Å². The average molecular weight is 411 g/mol. The van der Waals surface area contributed by atoms with Crippen LogP contribution in [0.4, 0.5) is 0 Å². The Kier molecular flexibility index (Phi) is 6.30. The summed E-state index contributed by atoms with van der Waals surface area (Å²) in [4.78, 5) is 24.4. The molecule has 158 valence electrons. The Hall–Kier alpha value is -3.48. The molecular formula is C23H25NO6. The van der Waals surface area contributed by atoms with Gasteiger partial charge in [0.1, 0.15) is 11.5 Å². The lowest BCUT2D eigenvalue weighted by Crippen LogP contribution is -2.24. The molecule has 1 aromatic heterocycles. The van der Waals surface area contributed by atoms with Gasteiger partial charge in [-0.15, -0.1) is 0 Å². The van der Waals surface area contributed by atoms with Crippen molar-refractivity contribution >= 4 is 22.8 Å². The molecule has 0 amide bonds. The smallest absolute Gasteiger partial charge is 0.346 e. The average Bonchev–Trinajstić information content (AvgIpc) is 3.04. The van der Waals surface area contributed by atoms with Crippen molar-refractivity contribution in [2.75, 3.05) is 20.8 Å². The third-order valence-corrected chi connectivity index (χ3v) is 4.83. The summed E-state index contributed by atoms with van der Waals surface area (Å²) >= 11 is 0. The number of fused-ring (bicyclic) bond motifs is 1. The lowest BCUT2D eigenvalue weighted by atomic mass is 10.1. The van der Waals surface area contributed by atoms with Gasteiger partial charge >= 0.3 is 11.9 Å². The van der Waals surface area contributed by atoms with Gasteiger partial charge in [0, 0.05) is 16.8 Å². The number of hydrogen-bond acceptors (Lipinski definition) is 6. The molecule has 0 spiro atoms. The van der Waals surface area contributed by atoms with Crippen molar-refractivity contribution in [1.29, 1.82) is 0 Å². The van der Waals surface area contributed by atoms with E-state index >= 15 is 0 Å². The van der Waals surface area contributed by atoms with Gasteiger partial charge in [0.05, 0.1) is 31.9 Å². The zero-order chi connectivity index (χ0) is 21.8. The van der Waals surface area contributed by atoms with Crippen molar-refractivity contribution in [3.05, 3.63) is 53.7 Å². The first-order valence-electron chi connectivity index (χ1n) is 9.62. The van der Waals surface area contributed by atoms with Crippen LogP contribution >= 0.6 is 0 Å². The Bertz CT molecular complexity index is 1070. The maximum atomic E-state index is 12.7. The summed E-state index contributed by atoms with van der Waals surface area (Å²) in [6.07, 6.45) is -0.775.